The fourth-order valence-corrected chi connectivity index (χ4v) is 1.22. The Bertz CT molecular complexity index is 446. The van der Waals surface area contributed by atoms with Crippen molar-refractivity contribution in [2.24, 2.45) is 16.9 Å². The van der Waals surface area contributed by atoms with Crippen molar-refractivity contribution in [3.63, 3.8) is 0 Å². The summed E-state index contributed by atoms with van der Waals surface area (Å²) < 4.78 is 0. The first-order valence-electron chi connectivity index (χ1n) is 5.00. The first-order chi connectivity index (χ1) is 7.84. The number of amides is 1. The Morgan fingerprint density at radius 1 is 1.53 bits per heavy atom. The second-order valence-electron chi connectivity index (χ2n) is 4.26. The zero-order valence-corrected chi connectivity index (χ0v) is 10.5. The Kier molecular flexibility index (Phi) is 3.95. The summed E-state index contributed by atoms with van der Waals surface area (Å²) in [6.45, 7) is 3.80. The molecule has 0 aliphatic rings. The summed E-state index contributed by atoms with van der Waals surface area (Å²) in [5.74, 6) is 0.0556. The molecule has 0 spiro atoms. The molecule has 1 aromatic heterocycles. The first kappa shape index (κ1) is 13.3. The predicted octanol–water partition coefficient (Wildman–Crippen LogP) is 0.0342. The number of carbonyl (C=O) groups excluding carboxylic acids is 1. The maximum atomic E-state index is 11.2. The van der Waals surface area contributed by atoms with Crippen LogP contribution in [-0.4, -0.2) is 27.6 Å². The molecule has 0 saturated carbocycles. The third kappa shape index (κ3) is 3.35. The number of primary amides is 1. The molecule has 1 rings (SSSR count). The molecule has 6 nitrogen and oxygen atoms in total. The molecule has 0 aliphatic heterocycles. The van der Waals surface area contributed by atoms with Gasteiger partial charge in [0.1, 0.15) is 4.99 Å². The largest absolute Gasteiger partial charge is 0.389 e. The highest BCUT2D eigenvalue weighted by molar-refractivity contribution is 7.80. The van der Waals surface area contributed by atoms with Crippen molar-refractivity contribution in [2.75, 3.05) is 11.9 Å². The number of carbonyl (C=O) groups is 1. The van der Waals surface area contributed by atoms with Gasteiger partial charge in [-0.15, -0.1) is 5.10 Å². The molecule has 7 heteroatoms. The number of hydrogen-bond donors (Lipinski definition) is 3. The minimum Gasteiger partial charge on any atom is -0.389 e. The van der Waals surface area contributed by atoms with Gasteiger partial charge in [0.15, 0.2) is 5.82 Å². The highest BCUT2D eigenvalue weighted by Crippen LogP contribution is 2.17. The third-order valence-corrected chi connectivity index (χ3v) is 2.57. The number of thiocarbonyl (C=S) groups is 1. The Morgan fingerprint density at radius 3 is 2.71 bits per heavy atom. The normalized spacial score (nSPS) is 10.9. The molecule has 0 aromatic carbocycles. The van der Waals surface area contributed by atoms with E-state index < -0.39 is 11.3 Å². The van der Waals surface area contributed by atoms with E-state index >= 15 is 0 Å². The summed E-state index contributed by atoms with van der Waals surface area (Å²) >= 11 is 4.89. The number of hydrogen-bond acceptors (Lipinski definition) is 5. The maximum Gasteiger partial charge on any atom is 0.224 e. The smallest absolute Gasteiger partial charge is 0.224 e. The standard InChI is InChI=1S/C10H15N5OS/c1-10(2,9(12)16)5-13-8-6(7(11)17)3-4-14-15-8/h3-4H,5H2,1-2H3,(H2,11,17)(H2,12,16)(H,13,15). The Labute approximate surface area is 105 Å². The predicted molar refractivity (Wildman–Crippen MR) is 69.4 cm³/mol. The number of anilines is 1. The van der Waals surface area contributed by atoms with Gasteiger partial charge in [0.05, 0.1) is 17.2 Å². The van der Waals surface area contributed by atoms with Crippen molar-refractivity contribution in [1.29, 1.82) is 0 Å². The van der Waals surface area contributed by atoms with E-state index in [0.29, 0.717) is 17.9 Å². The van der Waals surface area contributed by atoms with E-state index in [1.807, 2.05) is 0 Å². The van der Waals surface area contributed by atoms with Crippen LogP contribution in [0.15, 0.2) is 12.3 Å². The van der Waals surface area contributed by atoms with Gasteiger partial charge in [-0.3, -0.25) is 4.79 Å². The van der Waals surface area contributed by atoms with Gasteiger partial charge in [0.25, 0.3) is 0 Å². The van der Waals surface area contributed by atoms with Gasteiger partial charge in [0.2, 0.25) is 5.91 Å². The van der Waals surface area contributed by atoms with Gasteiger partial charge in [-0.2, -0.15) is 5.10 Å². The molecule has 0 bridgehead atoms. The van der Waals surface area contributed by atoms with Crippen LogP contribution in [0.5, 0.6) is 0 Å². The molecule has 1 amide bonds. The zero-order valence-electron chi connectivity index (χ0n) is 9.73. The van der Waals surface area contributed by atoms with Crippen molar-refractivity contribution in [2.45, 2.75) is 13.8 Å². The topological polar surface area (TPSA) is 107 Å². The van der Waals surface area contributed by atoms with Crippen LogP contribution in [0.2, 0.25) is 0 Å². The number of rotatable bonds is 5. The van der Waals surface area contributed by atoms with E-state index in [0.717, 1.165) is 0 Å². The second-order valence-corrected chi connectivity index (χ2v) is 4.70. The number of aromatic nitrogens is 2. The molecule has 17 heavy (non-hydrogen) atoms. The average molecular weight is 253 g/mol. The van der Waals surface area contributed by atoms with Crippen LogP contribution < -0.4 is 16.8 Å². The molecule has 0 saturated heterocycles. The minimum absolute atomic E-state index is 0.222. The number of nitrogens with zero attached hydrogens (tertiary/aromatic N) is 2. The summed E-state index contributed by atoms with van der Waals surface area (Å²) in [6.07, 6.45) is 1.50. The lowest BCUT2D eigenvalue weighted by Crippen LogP contribution is -2.37. The number of nitrogens with two attached hydrogens (primary N) is 2. The van der Waals surface area contributed by atoms with Crippen LogP contribution in [0.3, 0.4) is 0 Å². The van der Waals surface area contributed by atoms with Gasteiger partial charge in [-0.25, -0.2) is 0 Å². The van der Waals surface area contributed by atoms with Crippen LogP contribution in [-0.2, 0) is 4.79 Å². The van der Waals surface area contributed by atoms with Crippen LogP contribution in [0.4, 0.5) is 5.82 Å². The van der Waals surface area contributed by atoms with Crippen molar-refractivity contribution >= 4 is 28.9 Å². The zero-order chi connectivity index (χ0) is 13.1. The van der Waals surface area contributed by atoms with Crippen molar-refractivity contribution < 1.29 is 4.79 Å². The molecule has 0 unspecified atom stereocenters. The van der Waals surface area contributed by atoms with E-state index in [1.165, 1.54) is 6.20 Å². The van der Waals surface area contributed by atoms with Gasteiger partial charge in [-0.1, -0.05) is 12.2 Å². The average Bonchev–Trinajstić information content (AvgIpc) is 2.26. The van der Waals surface area contributed by atoms with Crippen molar-refractivity contribution in [3.05, 3.63) is 17.8 Å². The van der Waals surface area contributed by atoms with Crippen LogP contribution in [0.25, 0.3) is 0 Å². The van der Waals surface area contributed by atoms with Gasteiger partial charge < -0.3 is 16.8 Å². The van der Waals surface area contributed by atoms with Crippen LogP contribution >= 0.6 is 12.2 Å². The summed E-state index contributed by atoms with van der Waals surface area (Å²) in [7, 11) is 0. The summed E-state index contributed by atoms with van der Waals surface area (Å²) in [5.41, 5.74) is 10.7. The summed E-state index contributed by atoms with van der Waals surface area (Å²) in [4.78, 5) is 11.4. The van der Waals surface area contributed by atoms with Gasteiger partial charge in [-0.05, 0) is 19.9 Å². The molecular formula is C10H15N5OS. The van der Waals surface area contributed by atoms with Crippen molar-refractivity contribution in [1.82, 2.24) is 10.2 Å². The fraction of sp³-hybridized carbons (Fsp3) is 0.400. The van der Waals surface area contributed by atoms with Gasteiger partial charge in [0, 0.05) is 6.54 Å². The quantitative estimate of drug-likeness (QED) is 0.639. The Morgan fingerprint density at radius 2 is 2.18 bits per heavy atom. The number of nitrogens with one attached hydrogen (secondary N) is 1. The minimum atomic E-state index is -0.689. The molecule has 1 aromatic rings. The lowest BCUT2D eigenvalue weighted by Gasteiger charge is -2.21. The molecule has 1 heterocycles. The third-order valence-electron chi connectivity index (χ3n) is 2.35. The molecule has 0 radical (unpaired) electrons. The monoisotopic (exact) mass is 253 g/mol. The first-order valence-corrected chi connectivity index (χ1v) is 5.40. The highest BCUT2D eigenvalue weighted by atomic mass is 32.1. The lowest BCUT2D eigenvalue weighted by molar-refractivity contribution is -0.125. The van der Waals surface area contributed by atoms with E-state index in [-0.39, 0.29) is 4.99 Å². The van der Waals surface area contributed by atoms with Crippen LogP contribution in [0.1, 0.15) is 19.4 Å². The van der Waals surface area contributed by atoms with Crippen molar-refractivity contribution in [3.8, 4) is 0 Å². The molecule has 0 aliphatic carbocycles. The van der Waals surface area contributed by atoms with Gasteiger partial charge >= 0.3 is 0 Å². The highest BCUT2D eigenvalue weighted by Gasteiger charge is 2.25. The Balaban J connectivity index is 2.83. The lowest BCUT2D eigenvalue weighted by atomic mass is 9.93. The van der Waals surface area contributed by atoms with E-state index in [1.54, 1.807) is 19.9 Å². The van der Waals surface area contributed by atoms with E-state index in [4.69, 9.17) is 23.7 Å². The van der Waals surface area contributed by atoms with E-state index in [2.05, 4.69) is 15.5 Å². The second kappa shape index (κ2) is 5.05. The molecule has 92 valence electrons. The molecule has 0 fully saturated rings. The summed E-state index contributed by atoms with van der Waals surface area (Å²) in [6, 6.07) is 1.66. The van der Waals surface area contributed by atoms with Crippen LogP contribution in [0, 0.1) is 5.41 Å². The molecule has 0 atom stereocenters. The maximum absolute atomic E-state index is 11.2. The fourth-order valence-electron chi connectivity index (χ4n) is 1.05. The van der Waals surface area contributed by atoms with E-state index in [9.17, 15) is 4.79 Å². The molecule has 5 N–H and O–H groups in total. The summed E-state index contributed by atoms with van der Waals surface area (Å²) in [5, 5.41) is 10.6. The Hall–Kier alpha value is -1.76. The SMILES string of the molecule is CC(C)(CNc1nnccc1C(N)=S)C(N)=O. The molecular weight excluding hydrogens is 238 g/mol.